The van der Waals surface area contributed by atoms with Gasteiger partial charge in [-0.15, -0.1) is 0 Å². The van der Waals surface area contributed by atoms with Crippen molar-refractivity contribution in [1.82, 2.24) is 15.3 Å². The third-order valence-electron chi connectivity index (χ3n) is 3.09. The fourth-order valence-electron chi connectivity index (χ4n) is 1.84. The fourth-order valence-corrected chi connectivity index (χ4v) is 1.84. The summed E-state index contributed by atoms with van der Waals surface area (Å²) < 4.78 is 0. The Balaban J connectivity index is 1.93. The molecule has 3 nitrogen and oxygen atoms in total. The maximum Gasteiger partial charge on any atom is 0.0724 e. The van der Waals surface area contributed by atoms with Crippen LogP contribution in [0, 0.1) is 0 Å². The van der Waals surface area contributed by atoms with Crippen molar-refractivity contribution in [3.63, 3.8) is 0 Å². The molecule has 94 valence electrons. The molecule has 1 aromatic heterocycles. The van der Waals surface area contributed by atoms with Crippen LogP contribution in [-0.2, 0) is 13.0 Å². The van der Waals surface area contributed by atoms with Crippen LogP contribution in [0.25, 0.3) is 0 Å². The van der Waals surface area contributed by atoms with Crippen LogP contribution >= 0.6 is 0 Å². The molecular formula is C15H19N3. The van der Waals surface area contributed by atoms with Gasteiger partial charge in [0.05, 0.1) is 5.69 Å². The highest BCUT2D eigenvalue weighted by Crippen LogP contribution is 2.14. The van der Waals surface area contributed by atoms with E-state index in [-0.39, 0.29) is 0 Å². The van der Waals surface area contributed by atoms with Crippen LogP contribution in [0.5, 0.6) is 0 Å². The predicted octanol–water partition coefficient (Wildman–Crippen LogP) is 2.89. The zero-order chi connectivity index (χ0) is 12.8. The number of aryl methyl sites for hydroxylation is 1. The number of nitrogens with zero attached hydrogens (tertiary/aromatic N) is 2. The molecule has 1 aromatic carbocycles. The minimum atomic E-state index is 0.318. The Labute approximate surface area is 108 Å². The van der Waals surface area contributed by atoms with Gasteiger partial charge in [-0.05, 0) is 24.5 Å². The van der Waals surface area contributed by atoms with E-state index < -0.39 is 0 Å². The first-order valence-electron chi connectivity index (χ1n) is 6.36. The Kier molecular flexibility index (Phi) is 4.42. The third kappa shape index (κ3) is 3.37. The molecule has 0 spiro atoms. The number of nitrogens with one attached hydrogen (secondary N) is 1. The summed E-state index contributed by atoms with van der Waals surface area (Å²) in [6, 6.07) is 9.07. The van der Waals surface area contributed by atoms with E-state index in [1.807, 2.05) is 0 Å². The Morgan fingerprint density at radius 1 is 1.17 bits per heavy atom. The maximum absolute atomic E-state index is 4.25. The van der Waals surface area contributed by atoms with Crippen molar-refractivity contribution in [1.29, 1.82) is 0 Å². The number of hydrogen-bond donors (Lipinski definition) is 1. The second kappa shape index (κ2) is 6.26. The van der Waals surface area contributed by atoms with Crippen LogP contribution in [0.15, 0.2) is 42.9 Å². The highest BCUT2D eigenvalue weighted by Gasteiger charge is 2.04. The molecule has 2 rings (SSSR count). The summed E-state index contributed by atoms with van der Waals surface area (Å²) in [6.45, 7) is 5.08. The summed E-state index contributed by atoms with van der Waals surface area (Å²) in [5, 5.41) is 3.45. The van der Waals surface area contributed by atoms with Crippen LogP contribution in [0.2, 0.25) is 0 Å². The van der Waals surface area contributed by atoms with Gasteiger partial charge < -0.3 is 5.32 Å². The maximum atomic E-state index is 4.25. The van der Waals surface area contributed by atoms with Gasteiger partial charge in [-0.25, -0.2) is 0 Å². The third-order valence-corrected chi connectivity index (χ3v) is 3.09. The molecule has 18 heavy (non-hydrogen) atoms. The minimum Gasteiger partial charge on any atom is -0.305 e. The summed E-state index contributed by atoms with van der Waals surface area (Å²) in [7, 11) is 0. The highest BCUT2D eigenvalue weighted by molar-refractivity contribution is 5.24. The quantitative estimate of drug-likeness (QED) is 0.874. The molecule has 3 heteroatoms. The first-order valence-corrected chi connectivity index (χ1v) is 6.36. The number of aromatic nitrogens is 2. The van der Waals surface area contributed by atoms with E-state index in [1.54, 1.807) is 18.6 Å². The molecule has 1 heterocycles. The Morgan fingerprint density at radius 3 is 2.56 bits per heavy atom. The zero-order valence-electron chi connectivity index (χ0n) is 10.9. The molecule has 0 fully saturated rings. The lowest BCUT2D eigenvalue weighted by Crippen LogP contribution is -2.18. The Hall–Kier alpha value is -1.74. The smallest absolute Gasteiger partial charge is 0.0724 e. The van der Waals surface area contributed by atoms with Gasteiger partial charge in [0.1, 0.15) is 0 Å². The molecule has 0 aliphatic heterocycles. The van der Waals surface area contributed by atoms with Crippen LogP contribution < -0.4 is 5.32 Å². The molecule has 0 aliphatic rings. The molecule has 0 aliphatic carbocycles. The Bertz CT molecular complexity index is 465. The summed E-state index contributed by atoms with van der Waals surface area (Å²) in [5.74, 6) is 0. The van der Waals surface area contributed by atoms with Gasteiger partial charge in [0, 0.05) is 31.2 Å². The average molecular weight is 241 g/mol. The van der Waals surface area contributed by atoms with Crippen molar-refractivity contribution in [2.75, 3.05) is 0 Å². The minimum absolute atomic E-state index is 0.318. The number of benzene rings is 1. The molecule has 0 radical (unpaired) electrons. The molecule has 1 atom stereocenters. The lowest BCUT2D eigenvalue weighted by atomic mass is 10.1. The van der Waals surface area contributed by atoms with E-state index >= 15 is 0 Å². The van der Waals surface area contributed by atoms with Crippen molar-refractivity contribution in [3.05, 3.63) is 59.7 Å². The van der Waals surface area contributed by atoms with Crippen LogP contribution in [0.3, 0.4) is 0 Å². The highest BCUT2D eigenvalue weighted by atomic mass is 14.9. The van der Waals surface area contributed by atoms with Gasteiger partial charge in [-0.1, -0.05) is 31.2 Å². The molecule has 0 saturated carbocycles. The second-order valence-corrected chi connectivity index (χ2v) is 4.39. The van der Waals surface area contributed by atoms with Crippen molar-refractivity contribution >= 4 is 0 Å². The first-order chi connectivity index (χ1) is 8.79. The van der Waals surface area contributed by atoms with Crippen LogP contribution in [0.1, 0.15) is 36.7 Å². The number of rotatable bonds is 5. The lowest BCUT2D eigenvalue weighted by molar-refractivity contribution is 0.566. The van der Waals surface area contributed by atoms with E-state index in [2.05, 4.69) is 53.4 Å². The predicted molar refractivity (Wildman–Crippen MR) is 73.1 cm³/mol. The van der Waals surface area contributed by atoms with Gasteiger partial charge in [-0.3, -0.25) is 9.97 Å². The summed E-state index contributed by atoms with van der Waals surface area (Å²) >= 11 is 0. The largest absolute Gasteiger partial charge is 0.305 e. The Morgan fingerprint density at radius 2 is 1.94 bits per heavy atom. The van der Waals surface area contributed by atoms with E-state index in [4.69, 9.17) is 0 Å². The first kappa shape index (κ1) is 12.7. The molecule has 2 aromatic rings. The SMILES string of the molecule is CCc1ccc(C(C)NCc2cnccn2)cc1. The molecule has 0 bridgehead atoms. The molecule has 1 unspecified atom stereocenters. The summed E-state index contributed by atoms with van der Waals surface area (Å²) in [5.41, 5.74) is 3.64. The second-order valence-electron chi connectivity index (χ2n) is 4.39. The van der Waals surface area contributed by atoms with Crippen molar-refractivity contribution in [2.24, 2.45) is 0 Å². The normalized spacial score (nSPS) is 12.3. The van der Waals surface area contributed by atoms with Crippen LogP contribution in [0.4, 0.5) is 0 Å². The van der Waals surface area contributed by atoms with Gasteiger partial charge in [0.15, 0.2) is 0 Å². The average Bonchev–Trinajstić information content (AvgIpc) is 2.46. The molecule has 0 amide bonds. The van der Waals surface area contributed by atoms with E-state index in [0.717, 1.165) is 18.7 Å². The number of hydrogen-bond acceptors (Lipinski definition) is 3. The van der Waals surface area contributed by atoms with Crippen LogP contribution in [-0.4, -0.2) is 9.97 Å². The van der Waals surface area contributed by atoms with E-state index in [0.29, 0.717) is 6.04 Å². The van der Waals surface area contributed by atoms with Gasteiger partial charge >= 0.3 is 0 Å². The van der Waals surface area contributed by atoms with E-state index in [9.17, 15) is 0 Å². The molecule has 0 saturated heterocycles. The van der Waals surface area contributed by atoms with Crippen molar-refractivity contribution in [2.45, 2.75) is 32.9 Å². The fraction of sp³-hybridized carbons (Fsp3) is 0.333. The standard InChI is InChI=1S/C15H19N3/c1-3-13-4-6-14(7-5-13)12(2)18-11-15-10-16-8-9-17-15/h4-10,12,18H,3,11H2,1-2H3. The monoisotopic (exact) mass is 241 g/mol. The van der Waals surface area contributed by atoms with Gasteiger partial charge in [0.25, 0.3) is 0 Å². The van der Waals surface area contributed by atoms with E-state index in [1.165, 1.54) is 11.1 Å². The summed E-state index contributed by atoms with van der Waals surface area (Å²) in [6.07, 6.45) is 6.29. The topological polar surface area (TPSA) is 37.8 Å². The van der Waals surface area contributed by atoms with Crippen molar-refractivity contribution in [3.8, 4) is 0 Å². The zero-order valence-corrected chi connectivity index (χ0v) is 10.9. The van der Waals surface area contributed by atoms with Gasteiger partial charge in [-0.2, -0.15) is 0 Å². The lowest BCUT2D eigenvalue weighted by Gasteiger charge is -2.14. The summed E-state index contributed by atoms with van der Waals surface area (Å²) in [4.78, 5) is 8.30. The van der Waals surface area contributed by atoms with Gasteiger partial charge in [0.2, 0.25) is 0 Å². The molecule has 1 N–H and O–H groups in total. The van der Waals surface area contributed by atoms with Crippen molar-refractivity contribution < 1.29 is 0 Å². The molecular weight excluding hydrogens is 222 g/mol.